The maximum Gasteiger partial charge on any atom is 0.143 e. The number of nitrogens with zero attached hydrogens (tertiary/aromatic N) is 3. The molecule has 0 radical (unpaired) electrons. The summed E-state index contributed by atoms with van der Waals surface area (Å²) >= 11 is 0. The second-order valence-corrected chi connectivity index (χ2v) is 9.55. The third-order valence-electron chi connectivity index (χ3n) is 7.64. The van der Waals surface area contributed by atoms with E-state index in [0.29, 0.717) is 18.6 Å². The molecule has 3 fully saturated rings. The molecule has 1 aromatic heterocycles. The molecule has 4 aliphatic heterocycles. The van der Waals surface area contributed by atoms with Gasteiger partial charge in [-0.2, -0.15) is 0 Å². The van der Waals surface area contributed by atoms with E-state index in [2.05, 4.69) is 56.6 Å². The molecule has 170 valence electrons. The molecule has 0 bridgehead atoms. The number of hydrogen-bond acceptors (Lipinski definition) is 7. The van der Waals surface area contributed by atoms with Crippen LogP contribution in [0, 0.1) is 0 Å². The highest BCUT2D eigenvalue weighted by atomic mass is 16.5. The molecule has 0 amide bonds. The minimum absolute atomic E-state index is 0.528. The molecule has 5 heterocycles. The van der Waals surface area contributed by atoms with E-state index in [1.54, 1.807) is 0 Å². The van der Waals surface area contributed by atoms with Gasteiger partial charge in [0.25, 0.3) is 0 Å². The Hall–Kier alpha value is -2.35. The molecule has 0 unspecified atom stereocenters. The molecule has 0 aliphatic carbocycles. The van der Waals surface area contributed by atoms with Crippen LogP contribution < -0.4 is 20.3 Å². The predicted molar refractivity (Wildman–Crippen MR) is 126 cm³/mol. The quantitative estimate of drug-likeness (QED) is 0.768. The summed E-state index contributed by atoms with van der Waals surface area (Å²) in [6, 6.07) is 10.2. The predicted octanol–water partition coefficient (Wildman–Crippen LogP) is 3.09. The van der Waals surface area contributed by atoms with Gasteiger partial charge in [-0.05, 0) is 56.0 Å². The fourth-order valence-electron chi connectivity index (χ4n) is 5.68. The van der Waals surface area contributed by atoms with Gasteiger partial charge in [-0.15, -0.1) is 0 Å². The first-order valence-electron chi connectivity index (χ1n) is 12.1. The first-order valence-corrected chi connectivity index (χ1v) is 12.1. The minimum Gasteiger partial charge on any atom is -0.487 e. The number of nitrogens with one attached hydrogen (secondary N) is 2. The molecule has 2 aromatic rings. The van der Waals surface area contributed by atoms with Gasteiger partial charge in [0.1, 0.15) is 18.2 Å². The minimum atomic E-state index is 0.528. The van der Waals surface area contributed by atoms with E-state index >= 15 is 0 Å². The van der Waals surface area contributed by atoms with Crippen LogP contribution in [0.25, 0.3) is 0 Å². The van der Waals surface area contributed by atoms with Gasteiger partial charge in [0.15, 0.2) is 0 Å². The number of hydrogen-bond donors (Lipinski definition) is 2. The number of anilines is 3. The monoisotopic (exact) mass is 435 g/mol. The van der Waals surface area contributed by atoms with Gasteiger partial charge in [0.05, 0.1) is 24.5 Å². The van der Waals surface area contributed by atoms with E-state index in [4.69, 9.17) is 9.47 Å². The highest BCUT2D eigenvalue weighted by Gasteiger charge is 2.34. The highest BCUT2D eigenvalue weighted by molar-refractivity contribution is 5.73. The largest absolute Gasteiger partial charge is 0.487 e. The Labute approximate surface area is 190 Å². The molecule has 1 aromatic carbocycles. The molecule has 32 heavy (non-hydrogen) atoms. The summed E-state index contributed by atoms with van der Waals surface area (Å²) in [5.74, 6) is 2.41. The Morgan fingerprint density at radius 3 is 2.75 bits per heavy atom. The zero-order chi connectivity index (χ0) is 21.5. The number of rotatable bonds is 3. The van der Waals surface area contributed by atoms with Crippen molar-refractivity contribution in [1.82, 2.24) is 15.2 Å². The van der Waals surface area contributed by atoms with Crippen molar-refractivity contribution in [3.63, 3.8) is 0 Å². The van der Waals surface area contributed by atoms with E-state index in [1.165, 1.54) is 30.6 Å². The first-order chi connectivity index (χ1) is 15.8. The third kappa shape index (κ3) is 3.72. The van der Waals surface area contributed by atoms with Gasteiger partial charge >= 0.3 is 0 Å². The summed E-state index contributed by atoms with van der Waals surface area (Å²) in [5.41, 5.74) is 4.77. The van der Waals surface area contributed by atoms with Crippen LogP contribution in [0.3, 0.4) is 0 Å². The van der Waals surface area contributed by atoms with Crippen molar-refractivity contribution >= 4 is 17.2 Å². The van der Waals surface area contributed by atoms with E-state index in [0.717, 1.165) is 68.3 Å². The Bertz CT molecular complexity index is 973. The number of pyridine rings is 1. The number of ether oxygens (including phenoxy) is 2. The molecule has 4 aliphatic rings. The van der Waals surface area contributed by atoms with E-state index in [9.17, 15) is 0 Å². The Morgan fingerprint density at radius 2 is 1.97 bits per heavy atom. The summed E-state index contributed by atoms with van der Waals surface area (Å²) in [6.07, 6.45) is 4.33. The number of fused-ring (bicyclic) bond motifs is 2. The van der Waals surface area contributed by atoms with Crippen molar-refractivity contribution < 1.29 is 9.47 Å². The van der Waals surface area contributed by atoms with Crippen LogP contribution in [0.1, 0.15) is 36.8 Å². The number of benzene rings is 1. The zero-order valence-corrected chi connectivity index (χ0v) is 18.8. The van der Waals surface area contributed by atoms with Crippen molar-refractivity contribution in [1.29, 1.82) is 0 Å². The van der Waals surface area contributed by atoms with Crippen LogP contribution in [0.4, 0.5) is 17.2 Å². The van der Waals surface area contributed by atoms with Crippen LogP contribution in [-0.4, -0.2) is 67.9 Å². The molecule has 2 atom stereocenters. The summed E-state index contributed by atoms with van der Waals surface area (Å²) in [4.78, 5) is 9.75. The molecule has 2 N–H and O–H groups in total. The Balaban J connectivity index is 1.23. The van der Waals surface area contributed by atoms with Crippen molar-refractivity contribution in [2.24, 2.45) is 0 Å². The van der Waals surface area contributed by atoms with E-state index < -0.39 is 0 Å². The summed E-state index contributed by atoms with van der Waals surface area (Å²) in [6.45, 7) is 9.74. The van der Waals surface area contributed by atoms with Gasteiger partial charge in [-0.25, -0.2) is 4.98 Å². The number of likely N-dealkylation sites (tertiary alicyclic amines) is 1. The molecule has 0 saturated carbocycles. The molecule has 6 rings (SSSR count). The van der Waals surface area contributed by atoms with Gasteiger partial charge in [0.2, 0.25) is 0 Å². The van der Waals surface area contributed by atoms with Gasteiger partial charge < -0.3 is 25.0 Å². The van der Waals surface area contributed by atoms with Crippen LogP contribution in [0.2, 0.25) is 0 Å². The maximum atomic E-state index is 6.26. The fraction of sp³-hybridized carbons (Fsp3) is 0.560. The van der Waals surface area contributed by atoms with Crippen LogP contribution >= 0.6 is 0 Å². The second kappa shape index (κ2) is 8.54. The maximum absolute atomic E-state index is 6.26. The Kier molecular flexibility index (Phi) is 5.41. The lowest BCUT2D eigenvalue weighted by atomic mass is 9.84. The van der Waals surface area contributed by atoms with Crippen molar-refractivity contribution in [3.05, 3.63) is 41.6 Å². The second-order valence-electron chi connectivity index (χ2n) is 9.55. The lowest BCUT2D eigenvalue weighted by Gasteiger charge is -2.46. The number of aromatic nitrogens is 1. The number of morpholine rings is 1. The third-order valence-corrected chi connectivity index (χ3v) is 7.64. The summed E-state index contributed by atoms with van der Waals surface area (Å²) in [5, 5.41) is 7.02. The van der Waals surface area contributed by atoms with Gasteiger partial charge in [0, 0.05) is 50.1 Å². The first kappa shape index (κ1) is 20.3. The van der Waals surface area contributed by atoms with Gasteiger partial charge in [-0.3, -0.25) is 4.90 Å². The molecular weight excluding hydrogens is 402 g/mol. The van der Waals surface area contributed by atoms with Crippen molar-refractivity contribution in [3.8, 4) is 5.75 Å². The van der Waals surface area contributed by atoms with Gasteiger partial charge in [-0.1, -0.05) is 6.07 Å². The average Bonchev–Trinajstić information content (AvgIpc) is 2.98. The standard InChI is InChI=1S/C25H33N5O2/c1-17-12-19(5-7-30(17)20-14-26-15-20)18-2-3-24-22(13-18)28-25-21(16-32-24)23(4-6-27-25)29-8-10-31-11-9-29/h2-4,6,13,17,19-20,26H,5,7-12,14-16H2,1H3,(H,27,28)/t17-,19+/m1/s1. The lowest BCUT2D eigenvalue weighted by Crippen LogP contribution is -2.61. The molecule has 7 nitrogen and oxygen atoms in total. The SMILES string of the molecule is C[C@@H]1C[C@@H](c2ccc3c(c2)Nc2nccc(N4CCOCC4)c2CO3)CCN1C1CNC1. The normalized spacial score (nSPS) is 26.2. The molecule has 7 heteroatoms. The topological polar surface area (TPSA) is 61.9 Å². The van der Waals surface area contributed by atoms with E-state index in [-0.39, 0.29) is 0 Å². The average molecular weight is 436 g/mol. The van der Waals surface area contributed by atoms with Crippen LogP contribution in [0.15, 0.2) is 30.5 Å². The van der Waals surface area contributed by atoms with Crippen molar-refractivity contribution in [2.45, 2.75) is 44.4 Å². The van der Waals surface area contributed by atoms with Crippen molar-refractivity contribution in [2.75, 3.05) is 56.2 Å². The smallest absolute Gasteiger partial charge is 0.143 e. The fourth-order valence-corrected chi connectivity index (χ4v) is 5.68. The Morgan fingerprint density at radius 1 is 1.09 bits per heavy atom. The van der Waals surface area contributed by atoms with E-state index in [1.807, 2.05) is 6.20 Å². The van der Waals surface area contributed by atoms with Crippen LogP contribution in [0.5, 0.6) is 5.75 Å². The lowest BCUT2D eigenvalue weighted by molar-refractivity contribution is 0.0659. The molecule has 0 spiro atoms. The zero-order valence-electron chi connectivity index (χ0n) is 18.8. The summed E-state index contributed by atoms with van der Waals surface area (Å²) in [7, 11) is 0. The summed E-state index contributed by atoms with van der Waals surface area (Å²) < 4.78 is 11.8. The molecule has 3 saturated heterocycles. The highest BCUT2D eigenvalue weighted by Crippen LogP contribution is 2.40. The van der Waals surface area contributed by atoms with Crippen LogP contribution in [-0.2, 0) is 11.3 Å². The number of piperidine rings is 1. The molecular formula is C25H33N5O2.